The Morgan fingerprint density at radius 3 is 2.79 bits per heavy atom. The van der Waals surface area contributed by atoms with Gasteiger partial charge in [-0.2, -0.15) is 5.10 Å². The van der Waals surface area contributed by atoms with Crippen LogP contribution in [0.25, 0.3) is 11.3 Å². The fourth-order valence-corrected chi connectivity index (χ4v) is 4.02. The SMILES string of the molecule is Cc1ccc(NC(=O)CC2S/C(=N/N=C/c3ccc(-c4cccc([N+](=O)[O-])c4)o3)NC2=O)cc1. The zero-order valence-corrected chi connectivity index (χ0v) is 18.7. The van der Waals surface area contributed by atoms with Gasteiger partial charge in [0.15, 0.2) is 5.17 Å². The number of thioether (sulfide) groups is 1. The largest absolute Gasteiger partial charge is 0.455 e. The zero-order valence-electron chi connectivity index (χ0n) is 17.9. The van der Waals surface area contributed by atoms with Crippen molar-refractivity contribution in [1.82, 2.24) is 5.32 Å². The maximum Gasteiger partial charge on any atom is 0.270 e. The summed E-state index contributed by atoms with van der Waals surface area (Å²) in [7, 11) is 0. The molecule has 2 aromatic carbocycles. The van der Waals surface area contributed by atoms with Crippen molar-refractivity contribution in [3.05, 3.63) is 82.1 Å². The molecule has 1 aliphatic rings. The van der Waals surface area contributed by atoms with E-state index in [1.807, 2.05) is 19.1 Å². The lowest BCUT2D eigenvalue weighted by molar-refractivity contribution is -0.384. The Hall–Kier alpha value is -4.25. The number of nitro benzene ring substituents is 1. The van der Waals surface area contributed by atoms with Crippen LogP contribution in [0.3, 0.4) is 0 Å². The molecule has 10 nitrogen and oxygen atoms in total. The molecule has 1 aliphatic heterocycles. The Balaban J connectivity index is 1.34. The van der Waals surface area contributed by atoms with Crippen LogP contribution >= 0.6 is 11.8 Å². The van der Waals surface area contributed by atoms with Crippen LogP contribution in [0.1, 0.15) is 17.7 Å². The van der Waals surface area contributed by atoms with Crippen molar-refractivity contribution in [2.45, 2.75) is 18.6 Å². The topological polar surface area (TPSA) is 139 Å². The number of amides is 2. The number of hydrogen-bond donors (Lipinski definition) is 2. The van der Waals surface area contributed by atoms with E-state index in [1.165, 1.54) is 18.3 Å². The summed E-state index contributed by atoms with van der Waals surface area (Å²) in [6.07, 6.45) is 1.36. The molecule has 0 radical (unpaired) electrons. The number of aryl methyl sites for hydroxylation is 1. The van der Waals surface area contributed by atoms with E-state index in [9.17, 15) is 19.7 Å². The molecule has 2 N–H and O–H groups in total. The Bertz CT molecular complexity index is 1300. The average Bonchev–Trinajstić information content (AvgIpc) is 3.42. The van der Waals surface area contributed by atoms with Gasteiger partial charge in [0.1, 0.15) is 16.8 Å². The molecule has 4 rings (SSSR count). The third kappa shape index (κ3) is 5.75. The lowest BCUT2D eigenvalue weighted by Gasteiger charge is -2.07. The second-order valence-corrected chi connectivity index (χ2v) is 8.56. The van der Waals surface area contributed by atoms with Crippen molar-refractivity contribution in [1.29, 1.82) is 0 Å². The number of carbonyl (C=O) groups excluding carboxylic acids is 2. The highest BCUT2D eigenvalue weighted by molar-refractivity contribution is 8.15. The van der Waals surface area contributed by atoms with Gasteiger partial charge in [0.2, 0.25) is 11.8 Å². The van der Waals surface area contributed by atoms with Gasteiger partial charge in [-0.25, -0.2) is 0 Å². The highest BCUT2D eigenvalue weighted by atomic mass is 32.2. The monoisotopic (exact) mass is 477 g/mol. The predicted octanol–water partition coefficient (Wildman–Crippen LogP) is 4.11. The molecule has 2 heterocycles. The molecular weight excluding hydrogens is 458 g/mol. The number of anilines is 1. The van der Waals surface area contributed by atoms with E-state index in [0.29, 0.717) is 22.8 Å². The van der Waals surface area contributed by atoms with Gasteiger partial charge in [0.25, 0.3) is 5.69 Å². The first-order valence-corrected chi connectivity index (χ1v) is 11.0. The number of carbonyl (C=O) groups is 2. The predicted molar refractivity (Wildman–Crippen MR) is 130 cm³/mol. The summed E-state index contributed by atoms with van der Waals surface area (Å²) in [6, 6.07) is 16.8. The van der Waals surface area contributed by atoms with E-state index < -0.39 is 10.2 Å². The number of nitrogens with one attached hydrogen (secondary N) is 2. The first-order chi connectivity index (χ1) is 16.4. The molecule has 1 aromatic heterocycles. The van der Waals surface area contributed by atoms with Gasteiger partial charge >= 0.3 is 0 Å². The molecule has 1 unspecified atom stereocenters. The lowest BCUT2D eigenvalue weighted by Crippen LogP contribution is -2.28. The molecule has 172 valence electrons. The molecule has 0 saturated carbocycles. The minimum absolute atomic E-state index is 0.00212. The molecule has 0 spiro atoms. The summed E-state index contributed by atoms with van der Waals surface area (Å²) in [5.41, 5.74) is 2.28. The first-order valence-electron chi connectivity index (χ1n) is 10.2. The van der Waals surface area contributed by atoms with E-state index >= 15 is 0 Å². The summed E-state index contributed by atoms with van der Waals surface area (Å²) >= 11 is 1.12. The summed E-state index contributed by atoms with van der Waals surface area (Å²) in [5.74, 6) is 0.240. The number of rotatable bonds is 7. The third-order valence-corrected chi connectivity index (χ3v) is 5.86. The zero-order chi connectivity index (χ0) is 24.1. The van der Waals surface area contributed by atoms with Crippen LogP contribution in [0, 0.1) is 17.0 Å². The average molecular weight is 478 g/mol. The number of hydrogen-bond acceptors (Lipinski definition) is 8. The number of nitrogens with zero attached hydrogens (tertiary/aromatic N) is 3. The second kappa shape index (κ2) is 10.1. The number of non-ortho nitro benzene ring substituents is 1. The molecule has 2 amide bonds. The molecule has 34 heavy (non-hydrogen) atoms. The normalized spacial score (nSPS) is 16.7. The van der Waals surface area contributed by atoms with Crippen molar-refractivity contribution in [2.75, 3.05) is 5.32 Å². The van der Waals surface area contributed by atoms with Crippen molar-refractivity contribution in [3.8, 4) is 11.3 Å². The van der Waals surface area contributed by atoms with E-state index in [4.69, 9.17) is 4.42 Å². The maximum absolute atomic E-state index is 12.3. The first kappa shape index (κ1) is 22.9. The Kier molecular flexibility index (Phi) is 6.83. The van der Waals surface area contributed by atoms with Crippen LogP contribution in [0.4, 0.5) is 11.4 Å². The molecular formula is C23H19N5O5S. The molecule has 1 saturated heterocycles. The van der Waals surface area contributed by atoms with Crippen LogP contribution in [0.2, 0.25) is 0 Å². The van der Waals surface area contributed by atoms with Gasteiger partial charge in [-0.3, -0.25) is 19.7 Å². The highest BCUT2D eigenvalue weighted by Crippen LogP contribution is 2.26. The van der Waals surface area contributed by atoms with Crippen LogP contribution in [-0.4, -0.2) is 33.4 Å². The Morgan fingerprint density at radius 2 is 2.03 bits per heavy atom. The van der Waals surface area contributed by atoms with E-state index in [-0.39, 0.29) is 29.1 Å². The van der Waals surface area contributed by atoms with Gasteiger partial charge in [-0.1, -0.05) is 41.6 Å². The van der Waals surface area contributed by atoms with Gasteiger partial charge in [-0.15, -0.1) is 5.10 Å². The number of benzene rings is 2. The lowest BCUT2D eigenvalue weighted by atomic mass is 10.1. The van der Waals surface area contributed by atoms with Crippen molar-refractivity contribution in [2.24, 2.45) is 10.2 Å². The smallest absolute Gasteiger partial charge is 0.270 e. The van der Waals surface area contributed by atoms with Gasteiger partial charge in [-0.05, 0) is 31.2 Å². The van der Waals surface area contributed by atoms with Crippen molar-refractivity contribution in [3.63, 3.8) is 0 Å². The van der Waals surface area contributed by atoms with Gasteiger partial charge < -0.3 is 15.1 Å². The van der Waals surface area contributed by atoms with E-state index in [0.717, 1.165) is 17.3 Å². The van der Waals surface area contributed by atoms with Gasteiger partial charge in [0.05, 0.1) is 11.1 Å². The molecule has 0 bridgehead atoms. The minimum Gasteiger partial charge on any atom is -0.455 e. The van der Waals surface area contributed by atoms with E-state index in [2.05, 4.69) is 20.8 Å². The molecule has 1 atom stereocenters. The maximum atomic E-state index is 12.3. The van der Waals surface area contributed by atoms with Crippen LogP contribution in [0.15, 0.2) is 75.3 Å². The summed E-state index contributed by atoms with van der Waals surface area (Å²) in [5, 5.41) is 23.9. The van der Waals surface area contributed by atoms with Crippen LogP contribution < -0.4 is 10.6 Å². The van der Waals surface area contributed by atoms with Gasteiger partial charge in [0, 0.05) is 29.8 Å². The third-order valence-electron chi connectivity index (χ3n) is 4.78. The standard InChI is InChI=1S/C23H19N5O5S/c1-14-5-7-16(8-6-14)25-21(29)12-20-22(30)26-23(34-20)27-24-13-18-9-10-19(33-18)15-3-2-4-17(11-15)28(31)32/h2-11,13,20H,12H2,1H3,(H,25,29)(H,26,27,30)/b24-13+. The van der Waals surface area contributed by atoms with E-state index in [1.54, 1.807) is 36.4 Å². The fraction of sp³-hybridized carbons (Fsp3) is 0.130. The summed E-state index contributed by atoms with van der Waals surface area (Å²) < 4.78 is 5.64. The van der Waals surface area contributed by atoms with Crippen molar-refractivity contribution >= 4 is 46.3 Å². The molecule has 1 fully saturated rings. The van der Waals surface area contributed by atoms with Crippen molar-refractivity contribution < 1.29 is 18.9 Å². The second-order valence-electron chi connectivity index (χ2n) is 7.37. The van der Waals surface area contributed by atoms with Crippen LogP contribution in [-0.2, 0) is 9.59 Å². The molecule has 3 aromatic rings. The Morgan fingerprint density at radius 1 is 1.24 bits per heavy atom. The number of furan rings is 1. The molecule has 0 aliphatic carbocycles. The summed E-state index contributed by atoms with van der Waals surface area (Å²) in [6.45, 7) is 1.95. The number of amidine groups is 1. The number of nitro groups is 1. The van der Waals surface area contributed by atoms with Crippen LogP contribution in [0.5, 0.6) is 0 Å². The quantitative estimate of drug-likeness (QED) is 0.298. The highest BCUT2D eigenvalue weighted by Gasteiger charge is 2.32. The fourth-order valence-electron chi connectivity index (χ4n) is 3.09. The molecule has 11 heteroatoms. The Labute approximate surface area is 198 Å². The minimum atomic E-state index is -0.608. The summed E-state index contributed by atoms with van der Waals surface area (Å²) in [4.78, 5) is 34.9.